The van der Waals surface area contributed by atoms with Crippen molar-refractivity contribution < 1.29 is 23.5 Å². The van der Waals surface area contributed by atoms with Crippen LogP contribution in [0.4, 0.5) is 0 Å². The van der Waals surface area contributed by atoms with Gasteiger partial charge < -0.3 is 13.9 Å². The molecule has 59 heavy (non-hydrogen) atoms. The van der Waals surface area contributed by atoms with Gasteiger partial charge in [0.25, 0.3) is 0 Å². The van der Waals surface area contributed by atoms with Crippen LogP contribution in [0, 0.1) is 0 Å². The minimum Gasteiger partial charge on any atom is -0.423 e. The lowest BCUT2D eigenvalue weighted by Gasteiger charge is -2.09. The van der Waals surface area contributed by atoms with E-state index in [-0.39, 0.29) is 17.1 Å². The third-order valence-corrected chi connectivity index (χ3v) is 8.79. The molecule has 314 valence electrons. The van der Waals surface area contributed by atoms with Crippen molar-refractivity contribution in [2.24, 2.45) is 0 Å². The smallest absolute Gasteiger partial charge is 0.336 e. The Morgan fingerprint density at radius 1 is 0.458 bits per heavy atom. The molecule has 0 aliphatic carbocycles. The number of esters is 2. The largest absolute Gasteiger partial charge is 0.423 e. The number of carbonyl (C=O) groups excluding carboxylic acids is 2. The van der Waals surface area contributed by atoms with Gasteiger partial charge in [0.2, 0.25) is 0 Å². The van der Waals surface area contributed by atoms with Gasteiger partial charge in [-0.25, -0.2) is 14.4 Å². The first kappa shape index (κ1) is 49.4. The van der Waals surface area contributed by atoms with Gasteiger partial charge in [-0.1, -0.05) is 225 Å². The van der Waals surface area contributed by atoms with Crippen LogP contribution in [-0.2, 0) is 9.59 Å². The molecule has 1 aromatic carbocycles. The molecule has 0 fully saturated rings. The number of benzene rings is 1. The Balaban J connectivity index is 1.79. The Morgan fingerprint density at radius 3 is 1.24 bits per heavy atom. The van der Waals surface area contributed by atoms with Crippen LogP contribution in [0.25, 0.3) is 11.0 Å². The standard InChI is InChI=1S/C53H66O6/c1-3-5-7-9-11-13-15-17-19-21-23-25-27-29-31-33-35-37-39-41-51(54)58-49-45-47-43-44-53(56)57-48(47)46-50(49)59-52(55)42-40-38-36-34-32-30-28-26-24-22-20-18-16-14-12-10-8-6-4-2/h19-46H,3-18H2,1-2H3. The van der Waals surface area contributed by atoms with Crippen LogP contribution >= 0.6 is 0 Å². The molecule has 0 N–H and O–H groups in total. The topological polar surface area (TPSA) is 82.8 Å². The summed E-state index contributed by atoms with van der Waals surface area (Å²) in [6.07, 6.45) is 65.1. The molecular formula is C53H66O6. The molecular weight excluding hydrogens is 733 g/mol. The summed E-state index contributed by atoms with van der Waals surface area (Å²) in [5.41, 5.74) is -0.381. The Labute approximate surface area is 353 Å². The van der Waals surface area contributed by atoms with E-state index in [4.69, 9.17) is 13.9 Å². The summed E-state index contributed by atoms with van der Waals surface area (Å²) in [6.45, 7) is 4.49. The van der Waals surface area contributed by atoms with Crippen LogP contribution in [0.15, 0.2) is 179 Å². The van der Waals surface area contributed by atoms with Crippen LogP contribution in [0.2, 0.25) is 0 Å². The van der Waals surface area contributed by atoms with E-state index in [1.165, 1.54) is 132 Å². The molecule has 2 rings (SSSR count). The zero-order valence-electron chi connectivity index (χ0n) is 35.4. The zero-order chi connectivity index (χ0) is 42.3. The Bertz CT molecular complexity index is 1900. The van der Waals surface area contributed by atoms with Crippen molar-refractivity contribution in [3.8, 4) is 11.5 Å². The van der Waals surface area contributed by atoms with Gasteiger partial charge in [-0.15, -0.1) is 0 Å². The third-order valence-electron chi connectivity index (χ3n) is 8.79. The number of rotatable bonds is 30. The first-order valence-electron chi connectivity index (χ1n) is 21.5. The fraction of sp³-hybridized carbons (Fsp3) is 0.340. The molecule has 1 heterocycles. The predicted octanol–water partition coefficient (Wildman–Crippen LogP) is 14.6. The number of allylic oxidation sites excluding steroid dienone is 22. The van der Waals surface area contributed by atoms with Gasteiger partial charge >= 0.3 is 17.6 Å². The maximum absolute atomic E-state index is 12.6. The van der Waals surface area contributed by atoms with Crippen molar-refractivity contribution in [2.75, 3.05) is 0 Å². The van der Waals surface area contributed by atoms with E-state index in [0.717, 1.165) is 12.8 Å². The minimum absolute atomic E-state index is 0.000403. The van der Waals surface area contributed by atoms with Gasteiger partial charge in [0.1, 0.15) is 5.58 Å². The number of carbonyl (C=O) groups is 2. The van der Waals surface area contributed by atoms with Crippen molar-refractivity contribution in [3.05, 3.63) is 181 Å². The molecule has 0 aliphatic heterocycles. The summed E-state index contributed by atoms with van der Waals surface area (Å²) in [6, 6.07) is 5.61. The molecule has 6 heteroatoms. The fourth-order valence-electron chi connectivity index (χ4n) is 5.60. The van der Waals surface area contributed by atoms with Crippen molar-refractivity contribution in [1.29, 1.82) is 0 Å². The number of ether oxygens (including phenoxy) is 2. The molecule has 0 amide bonds. The summed E-state index contributed by atoms with van der Waals surface area (Å²) in [4.78, 5) is 37.1. The molecule has 0 aliphatic rings. The van der Waals surface area contributed by atoms with Gasteiger partial charge in [0.05, 0.1) is 0 Å². The first-order valence-corrected chi connectivity index (χ1v) is 21.5. The quantitative estimate of drug-likeness (QED) is 0.0195. The Morgan fingerprint density at radius 2 is 0.814 bits per heavy atom. The van der Waals surface area contributed by atoms with Crippen LogP contribution in [0.5, 0.6) is 11.5 Å². The second-order valence-electron chi connectivity index (χ2n) is 13.9. The van der Waals surface area contributed by atoms with E-state index in [2.05, 4.69) is 38.2 Å². The van der Waals surface area contributed by atoms with Gasteiger partial charge in [-0.3, -0.25) is 0 Å². The maximum atomic E-state index is 12.6. The summed E-state index contributed by atoms with van der Waals surface area (Å²) in [5.74, 6) is -1.45. The highest BCUT2D eigenvalue weighted by Crippen LogP contribution is 2.32. The van der Waals surface area contributed by atoms with Gasteiger partial charge in [0, 0.05) is 29.7 Å². The van der Waals surface area contributed by atoms with Crippen LogP contribution < -0.4 is 15.1 Å². The molecule has 1 aromatic heterocycles. The molecule has 0 unspecified atom stereocenters. The Kier molecular flexibility index (Phi) is 29.7. The lowest BCUT2D eigenvalue weighted by molar-refractivity contribution is -0.131. The molecule has 2 aromatic rings. The lowest BCUT2D eigenvalue weighted by Crippen LogP contribution is -2.09. The normalized spacial score (nSPS) is 13.1. The number of unbranched alkanes of at least 4 members (excludes halogenated alkanes) is 14. The summed E-state index contributed by atoms with van der Waals surface area (Å²) in [7, 11) is 0. The zero-order valence-corrected chi connectivity index (χ0v) is 35.4. The van der Waals surface area contributed by atoms with E-state index < -0.39 is 17.6 Å². The monoisotopic (exact) mass is 798 g/mol. The summed E-state index contributed by atoms with van der Waals surface area (Å²) in [5, 5.41) is 0.494. The molecule has 0 atom stereocenters. The Hall–Kier alpha value is -5.75. The van der Waals surface area contributed by atoms with E-state index in [9.17, 15) is 14.4 Å². The highest BCUT2D eigenvalue weighted by Gasteiger charge is 2.15. The van der Waals surface area contributed by atoms with E-state index in [1.54, 1.807) is 30.4 Å². The number of fused-ring (bicyclic) bond motifs is 1. The maximum Gasteiger partial charge on any atom is 0.336 e. The second kappa shape index (κ2) is 35.4. The van der Waals surface area contributed by atoms with Crippen molar-refractivity contribution >= 4 is 22.9 Å². The summed E-state index contributed by atoms with van der Waals surface area (Å²) < 4.78 is 16.2. The van der Waals surface area contributed by atoms with E-state index in [1.807, 2.05) is 72.9 Å². The first-order chi connectivity index (χ1) is 29.0. The van der Waals surface area contributed by atoms with Crippen molar-refractivity contribution in [3.63, 3.8) is 0 Å². The van der Waals surface area contributed by atoms with E-state index >= 15 is 0 Å². The lowest BCUT2D eigenvalue weighted by atomic mass is 10.1. The highest BCUT2D eigenvalue weighted by molar-refractivity contribution is 5.90. The molecule has 0 saturated heterocycles. The fourth-order valence-corrected chi connectivity index (χ4v) is 5.60. The third kappa shape index (κ3) is 27.5. The highest BCUT2D eigenvalue weighted by atomic mass is 16.6. The van der Waals surface area contributed by atoms with Gasteiger partial charge in [0.15, 0.2) is 11.5 Å². The molecule has 0 bridgehead atoms. The van der Waals surface area contributed by atoms with Crippen molar-refractivity contribution in [1.82, 2.24) is 0 Å². The van der Waals surface area contributed by atoms with Gasteiger partial charge in [-0.05, 0) is 37.8 Å². The van der Waals surface area contributed by atoms with Crippen molar-refractivity contribution in [2.45, 2.75) is 117 Å². The number of hydrogen-bond donors (Lipinski definition) is 0. The van der Waals surface area contributed by atoms with Gasteiger partial charge in [-0.2, -0.15) is 0 Å². The van der Waals surface area contributed by atoms with Crippen LogP contribution in [0.3, 0.4) is 0 Å². The average Bonchev–Trinajstić information content (AvgIpc) is 3.22. The molecule has 0 saturated carbocycles. The molecule has 6 nitrogen and oxygen atoms in total. The predicted molar refractivity (Wildman–Crippen MR) is 249 cm³/mol. The summed E-state index contributed by atoms with van der Waals surface area (Å²) >= 11 is 0. The van der Waals surface area contributed by atoms with E-state index in [0.29, 0.717) is 5.39 Å². The SMILES string of the molecule is CCCCCCCCCC=CC=CC=CC=CC=CC=CC(=O)Oc1cc2ccc(=O)oc2cc1OC(=O)C=CC=CC=CC=CC=CC=CCCCCCCCCC. The second-order valence-corrected chi connectivity index (χ2v) is 13.9. The number of hydrogen-bond acceptors (Lipinski definition) is 6. The average molecular weight is 799 g/mol. The molecule has 0 radical (unpaired) electrons. The minimum atomic E-state index is -0.705. The van der Waals surface area contributed by atoms with Crippen LogP contribution in [-0.4, -0.2) is 11.9 Å². The molecule has 0 spiro atoms. The van der Waals surface area contributed by atoms with Crippen LogP contribution in [0.1, 0.15) is 117 Å².